The first kappa shape index (κ1) is 18.0. The van der Waals surface area contributed by atoms with E-state index in [1.807, 2.05) is 19.1 Å². The number of hydrogen-bond acceptors (Lipinski definition) is 6. The van der Waals surface area contributed by atoms with Crippen LogP contribution in [0.4, 0.5) is 0 Å². The second-order valence-corrected chi connectivity index (χ2v) is 6.71. The van der Waals surface area contributed by atoms with Gasteiger partial charge in [0, 0.05) is 32.4 Å². The minimum absolute atomic E-state index is 0.102. The van der Waals surface area contributed by atoms with E-state index >= 15 is 0 Å². The van der Waals surface area contributed by atoms with Crippen molar-refractivity contribution in [3.8, 4) is 11.5 Å². The maximum Gasteiger partial charge on any atom is 0.313 e. The number of rotatable bonds is 7. The molecule has 6 heteroatoms. The Morgan fingerprint density at radius 2 is 2.24 bits per heavy atom. The molecule has 0 saturated carbocycles. The molecule has 1 aromatic carbocycles. The summed E-state index contributed by atoms with van der Waals surface area (Å²) < 4.78 is 21.7. The first-order valence-electron chi connectivity index (χ1n) is 8.94. The average molecular weight is 349 g/mol. The monoisotopic (exact) mass is 349 g/mol. The van der Waals surface area contributed by atoms with Crippen molar-refractivity contribution in [1.82, 2.24) is 4.90 Å². The molecule has 2 aliphatic heterocycles. The molecule has 0 spiro atoms. The number of ether oxygens (including phenoxy) is 4. The third-order valence-electron chi connectivity index (χ3n) is 5.02. The van der Waals surface area contributed by atoms with Crippen molar-refractivity contribution in [3.63, 3.8) is 0 Å². The van der Waals surface area contributed by atoms with Crippen LogP contribution >= 0.6 is 0 Å². The normalized spacial score (nSPS) is 22.8. The summed E-state index contributed by atoms with van der Waals surface area (Å²) in [6, 6.07) is 5.96. The Labute approximate surface area is 149 Å². The summed E-state index contributed by atoms with van der Waals surface area (Å²) in [7, 11) is 1.67. The summed E-state index contributed by atoms with van der Waals surface area (Å²) >= 11 is 0. The van der Waals surface area contributed by atoms with Gasteiger partial charge in [-0.1, -0.05) is 12.1 Å². The van der Waals surface area contributed by atoms with Crippen LogP contribution in [0.2, 0.25) is 0 Å². The summed E-state index contributed by atoms with van der Waals surface area (Å²) in [4.78, 5) is 15.0. The number of carbonyl (C=O) groups is 1. The average Bonchev–Trinajstić information content (AvgIpc) is 3.10. The van der Waals surface area contributed by atoms with Crippen molar-refractivity contribution in [1.29, 1.82) is 0 Å². The molecule has 1 unspecified atom stereocenters. The first-order valence-corrected chi connectivity index (χ1v) is 8.94. The molecule has 0 aliphatic carbocycles. The third-order valence-corrected chi connectivity index (χ3v) is 5.02. The number of likely N-dealkylation sites (tertiary alicyclic amines) is 1. The second-order valence-electron chi connectivity index (χ2n) is 6.71. The van der Waals surface area contributed by atoms with Crippen LogP contribution in [0.15, 0.2) is 18.2 Å². The largest absolute Gasteiger partial charge is 0.466 e. The van der Waals surface area contributed by atoms with Crippen molar-refractivity contribution in [2.75, 3.05) is 40.2 Å². The summed E-state index contributed by atoms with van der Waals surface area (Å²) in [6.45, 7) is 5.47. The molecule has 0 N–H and O–H groups in total. The number of benzene rings is 1. The van der Waals surface area contributed by atoms with Crippen LogP contribution in [-0.2, 0) is 20.8 Å². The highest BCUT2D eigenvalue weighted by atomic mass is 16.7. The van der Waals surface area contributed by atoms with Gasteiger partial charge >= 0.3 is 5.97 Å². The van der Waals surface area contributed by atoms with Crippen molar-refractivity contribution in [2.45, 2.75) is 32.7 Å². The zero-order valence-electron chi connectivity index (χ0n) is 15.1. The lowest BCUT2D eigenvalue weighted by atomic mass is 9.77. The highest BCUT2D eigenvalue weighted by molar-refractivity contribution is 5.77. The zero-order chi connectivity index (χ0) is 17.7. The van der Waals surface area contributed by atoms with Gasteiger partial charge in [-0.15, -0.1) is 0 Å². The van der Waals surface area contributed by atoms with Crippen LogP contribution in [0.1, 0.15) is 31.7 Å². The fourth-order valence-electron chi connectivity index (χ4n) is 3.77. The Morgan fingerprint density at radius 3 is 3.04 bits per heavy atom. The molecule has 2 aliphatic rings. The number of methoxy groups -OCH3 is 1. The molecule has 1 fully saturated rings. The summed E-state index contributed by atoms with van der Waals surface area (Å²) in [6.07, 6.45) is 2.50. The minimum atomic E-state index is -0.487. The zero-order valence-corrected chi connectivity index (χ0v) is 15.1. The van der Waals surface area contributed by atoms with E-state index in [1.54, 1.807) is 7.11 Å². The number of carbonyl (C=O) groups excluding carboxylic acids is 1. The van der Waals surface area contributed by atoms with Gasteiger partial charge in [0.05, 0.1) is 12.0 Å². The highest BCUT2D eigenvalue weighted by Crippen LogP contribution is 2.39. The number of nitrogens with zero attached hydrogens (tertiary/aromatic N) is 1. The van der Waals surface area contributed by atoms with Crippen LogP contribution in [0.3, 0.4) is 0 Å². The summed E-state index contributed by atoms with van der Waals surface area (Å²) in [5, 5.41) is 0. The van der Waals surface area contributed by atoms with E-state index in [0.717, 1.165) is 43.0 Å². The van der Waals surface area contributed by atoms with Gasteiger partial charge in [-0.3, -0.25) is 9.69 Å². The molecule has 1 aromatic rings. The Morgan fingerprint density at radius 1 is 1.36 bits per heavy atom. The van der Waals surface area contributed by atoms with Gasteiger partial charge in [0.2, 0.25) is 6.79 Å². The van der Waals surface area contributed by atoms with Gasteiger partial charge in [-0.05, 0) is 38.8 Å². The molecule has 0 aromatic heterocycles. The van der Waals surface area contributed by atoms with Crippen molar-refractivity contribution < 1.29 is 23.7 Å². The fraction of sp³-hybridized carbons (Fsp3) is 0.632. The standard InChI is InChI=1S/C19H27NO5/c1-3-23-18(21)19(9-11-22-2)8-5-10-20(13-19)12-15-6-4-7-16-17(15)25-14-24-16/h4,6-7H,3,5,8-14H2,1-2H3. The van der Waals surface area contributed by atoms with Crippen LogP contribution in [0.25, 0.3) is 0 Å². The van der Waals surface area contributed by atoms with E-state index < -0.39 is 5.41 Å². The SMILES string of the molecule is CCOC(=O)C1(CCOC)CCCN(Cc2cccc3c2OCO3)C1. The Balaban J connectivity index is 1.74. The predicted octanol–water partition coefficient (Wildman–Crippen LogP) is 2.60. The van der Waals surface area contributed by atoms with Crippen LogP contribution < -0.4 is 9.47 Å². The Hall–Kier alpha value is -1.79. The molecule has 1 saturated heterocycles. The van der Waals surface area contributed by atoms with E-state index in [4.69, 9.17) is 18.9 Å². The van der Waals surface area contributed by atoms with Crippen LogP contribution in [-0.4, -0.2) is 51.1 Å². The van der Waals surface area contributed by atoms with E-state index in [-0.39, 0.29) is 12.8 Å². The highest BCUT2D eigenvalue weighted by Gasteiger charge is 2.43. The minimum Gasteiger partial charge on any atom is -0.466 e. The number of esters is 1. The molecular weight excluding hydrogens is 322 g/mol. The maximum absolute atomic E-state index is 12.7. The number of fused-ring (bicyclic) bond motifs is 1. The molecule has 6 nitrogen and oxygen atoms in total. The lowest BCUT2D eigenvalue weighted by molar-refractivity contribution is -0.160. The van der Waals surface area contributed by atoms with Crippen molar-refractivity contribution >= 4 is 5.97 Å². The van der Waals surface area contributed by atoms with Gasteiger partial charge in [-0.25, -0.2) is 0 Å². The number of piperidine rings is 1. The molecule has 138 valence electrons. The van der Waals surface area contributed by atoms with Gasteiger partial charge < -0.3 is 18.9 Å². The lowest BCUT2D eigenvalue weighted by Crippen LogP contribution is -2.48. The summed E-state index contributed by atoms with van der Waals surface area (Å²) in [5.41, 5.74) is 0.612. The number of hydrogen-bond donors (Lipinski definition) is 0. The van der Waals surface area contributed by atoms with Crippen LogP contribution in [0.5, 0.6) is 11.5 Å². The lowest BCUT2D eigenvalue weighted by Gasteiger charge is -2.41. The van der Waals surface area contributed by atoms with Gasteiger partial charge in [0.25, 0.3) is 0 Å². The molecule has 25 heavy (non-hydrogen) atoms. The smallest absolute Gasteiger partial charge is 0.313 e. The topological polar surface area (TPSA) is 57.2 Å². The molecule has 0 bridgehead atoms. The second kappa shape index (κ2) is 8.06. The molecule has 0 amide bonds. The predicted molar refractivity (Wildman–Crippen MR) is 92.6 cm³/mol. The van der Waals surface area contributed by atoms with Gasteiger partial charge in [0.1, 0.15) is 0 Å². The number of para-hydroxylation sites is 1. The van der Waals surface area contributed by atoms with E-state index in [2.05, 4.69) is 11.0 Å². The van der Waals surface area contributed by atoms with Gasteiger partial charge in [-0.2, -0.15) is 0 Å². The quantitative estimate of drug-likeness (QED) is 0.705. The fourth-order valence-corrected chi connectivity index (χ4v) is 3.77. The van der Waals surface area contributed by atoms with Gasteiger partial charge in [0.15, 0.2) is 11.5 Å². The molecular formula is C19H27NO5. The third kappa shape index (κ3) is 3.90. The van der Waals surface area contributed by atoms with E-state index in [9.17, 15) is 4.79 Å². The van der Waals surface area contributed by atoms with E-state index in [0.29, 0.717) is 26.2 Å². The van der Waals surface area contributed by atoms with Crippen LogP contribution in [0, 0.1) is 5.41 Å². The maximum atomic E-state index is 12.7. The first-order chi connectivity index (χ1) is 12.2. The van der Waals surface area contributed by atoms with Crippen molar-refractivity contribution in [3.05, 3.63) is 23.8 Å². The summed E-state index contributed by atoms with van der Waals surface area (Å²) in [5.74, 6) is 1.52. The Bertz CT molecular complexity index is 605. The van der Waals surface area contributed by atoms with Crippen molar-refractivity contribution in [2.24, 2.45) is 5.41 Å². The van der Waals surface area contributed by atoms with E-state index in [1.165, 1.54) is 0 Å². The Kier molecular flexibility index (Phi) is 5.81. The molecule has 2 heterocycles. The molecule has 1 atom stereocenters. The molecule has 0 radical (unpaired) electrons. The molecule has 3 rings (SSSR count).